The molecule has 0 atom stereocenters. The Kier molecular flexibility index (Phi) is 5.67. The molecule has 2 aliphatic carbocycles. The number of benzene rings is 4. The molecule has 0 spiro atoms. The van der Waals surface area contributed by atoms with Crippen molar-refractivity contribution in [1.82, 2.24) is 4.98 Å². The van der Waals surface area contributed by atoms with Crippen molar-refractivity contribution >= 4 is 91.2 Å². The van der Waals surface area contributed by atoms with Crippen molar-refractivity contribution in [2.24, 2.45) is 0 Å². The van der Waals surface area contributed by atoms with Crippen LogP contribution in [-0.2, 0) is 0 Å². The van der Waals surface area contributed by atoms with Crippen LogP contribution in [0.5, 0.6) is 0 Å². The fraction of sp³-hybridized carbons (Fsp3) is 0.0645. The third-order valence-corrected chi connectivity index (χ3v) is 9.41. The number of fused-ring (bicyclic) bond motifs is 4. The summed E-state index contributed by atoms with van der Waals surface area (Å²) in [4.78, 5) is 58.9. The highest BCUT2D eigenvalue weighted by molar-refractivity contribution is 6.55. The number of hydrogen-bond donors (Lipinski definition) is 0. The minimum atomic E-state index is -1.34. The van der Waals surface area contributed by atoms with Crippen molar-refractivity contribution in [2.75, 3.05) is 0 Å². The molecule has 1 aromatic heterocycles. The lowest BCUT2D eigenvalue weighted by Crippen LogP contribution is -2.16. The number of para-hydroxylation sites is 1. The monoisotopic (exact) mass is 603 g/mol. The van der Waals surface area contributed by atoms with Gasteiger partial charge in [0, 0.05) is 16.5 Å². The van der Waals surface area contributed by atoms with Gasteiger partial charge in [0.1, 0.15) is 11.8 Å². The summed E-state index contributed by atoms with van der Waals surface area (Å²) < 4.78 is 0. The first-order valence-electron chi connectivity index (χ1n) is 12.1. The highest BCUT2D eigenvalue weighted by atomic mass is 35.5. The second-order valence-electron chi connectivity index (χ2n) is 9.73. The van der Waals surface area contributed by atoms with Crippen LogP contribution in [0.1, 0.15) is 64.5 Å². The zero-order chi connectivity index (χ0) is 28.0. The first kappa shape index (κ1) is 25.4. The summed E-state index contributed by atoms with van der Waals surface area (Å²) in [7, 11) is 0. The Balaban J connectivity index is 1.37. The highest BCUT2D eigenvalue weighted by Crippen LogP contribution is 2.48. The van der Waals surface area contributed by atoms with E-state index < -0.39 is 23.4 Å². The summed E-state index contributed by atoms with van der Waals surface area (Å²) >= 11 is 24.9. The number of rotatable bonds is 2. The van der Waals surface area contributed by atoms with E-state index in [-0.39, 0.29) is 48.5 Å². The van der Waals surface area contributed by atoms with Crippen molar-refractivity contribution in [2.45, 2.75) is 11.8 Å². The number of Topliss-reactive ketones (excluding diaryl/α,β-unsaturated/α-hetero) is 4. The molecule has 40 heavy (non-hydrogen) atoms. The normalized spacial score (nSPS) is 15.5. The van der Waals surface area contributed by atoms with E-state index in [1.165, 1.54) is 0 Å². The fourth-order valence-electron chi connectivity index (χ4n) is 5.71. The molecule has 1 heterocycles. The number of ketones is 4. The molecular weight excluding hydrogens is 592 g/mol. The van der Waals surface area contributed by atoms with Crippen LogP contribution in [0.4, 0.5) is 0 Å². The van der Waals surface area contributed by atoms with E-state index in [1.807, 2.05) is 24.3 Å². The molecule has 0 unspecified atom stereocenters. The van der Waals surface area contributed by atoms with Crippen molar-refractivity contribution in [3.8, 4) is 0 Å². The zero-order valence-corrected chi connectivity index (χ0v) is 23.1. The second-order valence-corrected chi connectivity index (χ2v) is 11.2. The molecule has 0 aliphatic heterocycles. The molecule has 0 radical (unpaired) electrons. The SMILES string of the molecule is O=C1c2c(Cl)c(Cl)c(Cl)c(Cl)c2C(=O)C1c1ccc2cccc(C3C(=O)c4cc5ccccc5cc4C3=O)c2n1. The Morgan fingerprint density at radius 2 is 1.05 bits per heavy atom. The van der Waals surface area contributed by atoms with E-state index in [4.69, 9.17) is 46.4 Å². The highest BCUT2D eigenvalue weighted by Gasteiger charge is 2.46. The van der Waals surface area contributed by atoms with Gasteiger partial charge in [0.25, 0.3) is 0 Å². The Morgan fingerprint density at radius 3 is 1.60 bits per heavy atom. The molecule has 0 saturated carbocycles. The van der Waals surface area contributed by atoms with Crippen LogP contribution in [-0.4, -0.2) is 28.1 Å². The van der Waals surface area contributed by atoms with Crippen LogP contribution in [0.25, 0.3) is 21.7 Å². The molecule has 4 aromatic carbocycles. The van der Waals surface area contributed by atoms with Crippen LogP contribution < -0.4 is 0 Å². The number of hydrogen-bond acceptors (Lipinski definition) is 5. The molecular formula is C31H13Cl4NO4. The molecule has 2 aliphatic rings. The summed E-state index contributed by atoms with van der Waals surface area (Å²) in [5.41, 5.74) is 1.38. The summed E-state index contributed by atoms with van der Waals surface area (Å²) in [5.74, 6) is -4.31. The summed E-state index contributed by atoms with van der Waals surface area (Å²) in [6.45, 7) is 0. The van der Waals surface area contributed by atoms with Gasteiger partial charge in [0.15, 0.2) is 23.1 Å². The van der Waals surface area contributed by atoms with Crippen molar-refractivity contribution in [1.29, 1.82) is 0 Å². The number of carbonyl (C=O) groups excluding carboxylic acids is 4. The number of pyridine rings is 1. The quantitative estimate of drug-likeness (QED) is 0.115. The molecule has 9 heteroatoms. The van der Waals surface area contributed by atoms with Crippen LogP contribution >= 0.6 is 46.4 Å². The molecule has 0 saturated heterocycles. The summed E-state index contributed by atoms with van der Waals surface area (Å²) in [6.07, 6.45) is 0. The van der Waals surface area contributed by atoms with Crippen LogP contribution in [0, 0.1) is 0 Å². The largest absolute Gasteiger partial charge is 0.293 e. The first-order valence-corrected chi connectivity index (χ1v) is 13.7. The van der Waals surface area contributed by atoms with E-state index in [2.05, 4.69) is 4.98 Å². The molecule has 0 bridgehead atoms. The van der Waals surface area contributed by atoms with E-state index >= 15 is 0 Å². The molecule has 194 valence electrons. The molecule has 5 nitrogen and oxygen atoms in total. The zero-order valence-electron chi connectivity index (χ0n) is 20.1. The molecule has 0 N–H and O–H groups in total. The average molecular weight is 605 g/mol. The Hall–Kier alpha value is -3.61. The lowest BCUT2D eigenvalue weighted by atomic mass is 9.91. The van der Waals surface area contributed by atoms with Gasteiger partial charge in [-0.2, -0.15) is 0 Å². The molecule has 0 fully saturated rings. The maximum absolute atomic E-state index is 13.6. The van der Waals surface area contributed by atoms with Gasteiger partial charge in [-0.15, -0.1) is 0 Å². The second kappa shape index (κ2) is 8.95. The molecule has 5 aromatic rings. The van der Waals surface area contributed by atoms with Crippen LogP contribution in [0.2, 0.25) is 20.1 Å². The Morgan fingerprint density at radius 1 is 0.525 bits per heavy atom. The van der Waals surface area contributed by atoms with Crippen LogP contribution in [0.15, 0.2) is 66.7 Å². The van der Waals surface area contributed by atoms with Gasteiger partial charge in [0.2, 0.25) is 0 Å². The minimum Gasteiger partial charge on any atom is -0.293 e. The van der Waals surface area contributed by atoms with E-state index in [1.54, 1.807) is 42.5 Å². The van der Waals surface area contributed by atoms with E-state index in [9.17, 15) is 19.2 Å². The average Bonchev–Trinajstić information content (AvgIpc) is 3.36. The van der Waals surface area contributed by atoms with Gasteiger partial charge in [-0.05, 0) is 34.5 Å². The van der Waals surface area contributed by atoms with Crippen LogP contribution in [0.3, 0.4) is 0 Å². The van der Waals surface area contributed by atoms with Crippen molar-refractivity contribution in [3.05, 3.63) is 120 Å². The summed E-state index contributed by atoms with van der Waals surface area (Å²) in [5, 5.41) is 1.82. The predicted molar refractivity (Wildman–Crippen MR) is 155 cm³/mol. The molecule has 0 amide bonds. The van der Waals surface area contributed by atoms with Gasteiger partial charge in [-0.3, -0.25) is 24.2 Å². The van der Waals surface area contributed by atoms with E-state index in [0.717, 1.165) is 10.8 Å². The third kappa shape index (κ3) is 3.39. The first-order chi connectivity index (χ1) is 19.2. The van der Waals surface area contributed by atoms with Gasteiger partial charge < -0.3 is 0 Å². The Bertz CT molecular complexity index is 1950. The smallest absolute Gasteiger partial charge is 0.182 e. The minimum absolute atomic E-state index is 0.102. The maximum Gasteiger partial charge on any atom is 0.182 e. The van der Waals surface area contributed by atoms with Gasteiger partial charge in [-0.1, -0.05) is 94.9 Å². The molecule has 7 rings (SSSR count). The number of aromatic nitrogens is 1. The van der Waals surface area contributed by atoms with Gasteiger partial charge >= 0.3 is 0 Å². The predicted octanol–water partition coefficient (Wildman–Crippen LogP) is 8.33. The fourth-order valence-corrected chi connectivity index (χ4v) is 6.75. The van der Waals surface area contributed by atoms with Crippen molar-refractivity contribution < 1.29 is 19.2 Å². The number of carbonyl (C=O) groups is 4. The van der Waals surface area contributed by atoms with E-state index in [0.29, 0.717) is 27.6 Å². The maximum atomic E-state index is 13.6. The van der Waals surface area contributed by atoms with Crippen molar-refractivity contribution in [3.63, 3.8) is 0 Å². The lowest BCUT2D eigenvalue weighted by molar-refractivity contribution is 0.0872. The Labute approximate surface area is 246 Å². The number of nitrogens with zero attached hydrogens (tertiary/aromatic N) is 1. The number of halogens is 4. The summed E-state index contributed by atoms with van der Waals surface area (Å²) in [6, 6.07) is 19.4. The van der Waals surface area contributed by atoms with Gasteiger partial charge in [-0.25, -0.2) is 0 Å². The van der Waals surface area contributed by atoms with Gasteiger partial charge in [0.05, 0.1) is 42.4 Å². The third-order valence-electron chi connectivity index (χ3n) is 7.61. The lowest BCUT2D eigenvalue weighted by Gasteiger charge is -2.13. The standard InChI is InChI=1S/C31H13Cl4NO4/c32-23-21-22(24(33)26(35)25(23)34)31(40)20(30(21)39)18-9-8-12-6-3-7-15(27(12)36-18)19-28(37)16-10-13-4-1-2-5-14(13)11-17(16)29(19)38/h1-11,19-20H. The topological polar surface area (TPSA) is 81.2 Å².